The van der Waals surface area contributed by atoms with Crippen LogP contribution in [0.5, 0.6) is 0 Å². The molecule has 8 heteroatoms. The van der Waals surface area contributed by atoms with Crippen LogP contribution in [-0.2, 0) is 10.3 Å². The Morgan fingerprint density at radius 2 is 1.88 bits per heavy atom. The molecule has 0 aliphatic heterocycles. The fourth-order valence-corrected chi connectivity index (χ4v) is 2.75. The summed E-state index contributed by atoms with van der Waals surface area (Å²) in [6.45, 7) is 3.97. The Kier molecular flexibility index (Phi) is 4.30. The molecule has 6 nitrogen and oxygen atoms in total. The predicted molar refractivity (Wildman–Crippen MR) is 87.8 cm³/mol. The molecule has 0 radical (unpaired) electrons. The van der Waals surface area contributed by atoms with E-state index in [0.29, 0.717) is 17.1 Å². The number of hydrogen-bond donors (Lipinski definition) is 1. The summed E-state index contributed by atoms with van der Waals surface area (Å²) < 4.78 is 37.3. The van der Waals surface area contributed by atoms with E-state index in [1.165, 1.54) is 18.3 Å². The number of aromatic amines is 1. The molecule has 0 fully saturated rings. The highest BCUT2D eigenvalue weighted by Gasteiger charge is 2.18. The Bertz CT molecular complexity index is 1040. The first kappa shape index (κ1) is 16.1. The van der Waals surface area contributed by atoms with Gasteiger partial charge in [0.1, 0.15) is 5.82 Å². The molecule has 0 bridgehead atoms. The minimum absolute atomic E-state index is 0.0916. The van der Waals surface area contributed by atoms with E-state index in [4.69, 9.17) is 0 Å². The Morgan fingerprint density at radius 1 is 1.17 bits per heavy atom. The van der Waals surface area contributed by atoms with Crippen molar-refractivity contribution in [1.29, 1.82) is 0 Å². The van der Waals surface area contributed by atoms with E-state index in [-0.39, 0.29) is 16.6 Å². The summed E-state index contributed by atoms with van der Waals surface area (Å²) in [6.07, 6.45) is 3.19. The van der Waals surface area contributed by atoms with Crippen LogP contribution in [0.15, 0.2) is 42.9 Å². The van der Waals surface area contributed by atoms with Gasteiger partial charge in [0.05, 0.1) is 23.4 Å². The van der Waals surface area contributed by atoms with Gasteiger partial charge >= 0.3 is 0 Å². The summed E-state index contributed by atoms with van der Waals surface area (Å²) in [4.78, 5) is 11.2. The van der Waals surface area contributed by atoms with Gasteiger partial charge in [-0.3, -0.25) is 0 Å². The maximum atomic E-state index is 13.2. The van der Waals surface area contributed by atoms with Gasteiger partial charge in [0.2, 0.25) is 0 Å². The summed E-state index contributed by atoms with van der Waals surface area (Å²) >= 11 is 0. The van der Waals surface area contributed by atoms with Crippen molar-refractivity contribution in [2.45, 2.75) is 19.9 Å². The maximum Gasteiger partial charge on any atom is 0.258 e. The number of rotatable bonds is 3. The molecule has 0 aliphatic carbocycles. The third-order valence-electron chi connectivity index (χ3n) is 3.54. The molecule has 0 aliphatic rings. The monoisotopic (exact) mass is 346 g/mol. The van der Waals surface area contributed by atoms with Crippen LogP contribution in [-0.4, -0.2) is 27.9 Å². The summed E-state index contributed by atoms with van der Waals surface area (Å²) in [7, 11) is -2.47. The lowest BCUT2D eigenvalue weighted by atomic mass is 10.1. The molecule has 0 saturated heterocycles. The van der Waals surface area contributed by atoms with Crippen LogP contribution < -0.4 is 0 Å². The van der Waals surface area contributed by atoms with Crippen LogP contribution in [0.4, 0.5) is 4.39 Å². The fraction of sp³-hybridized carbons (Fsp3) is 0.188. The van der Waals surface area contributed by atoms with Crippen LogP contribution in [0.2, 0.25) is 0 Å². The smallest absolute Gasteiger partial charge is 0.258 e. The van der Waals surface area contributed by atoms with Crippen molar-refractivity contribution in [2.75, 3.05) is 0 Å². The van der Waals surface area contributed by atoms with Crippen molar-refractivity contribution in [1.82, 2.24) is 19.5 Å². The lowest BCUT2D eigenvalue weighted by molar-refractivity contribution is 0.604. The number of nitrogens with one attached hydrogen (secondary N) is 1. The summed E-state index contributed by atoms with van der Waals surface area (Å²) in [5.74, 6) is -0.333. The van der Waals surface area contributed by atoms with Gasteiger partial charge in [-0.15, -0.1) is 0 Å². The van der Waals surface area contributed by atoms with E-state index in [1.807, 2.05) is 18.4 Å². The van der Waals surface area contributed by atoms with Crippen LogP contribution >= 0.6 is 0 Å². The number of halogens is 1. The third kappa shape index (κ3) is 3.00. The molecule has 0 amide bonds. The molecule has 0 atom stereocenters. The Hall–Kier alpha value is -2.74. The molecule has 2 aromatic heterocycles. The van der Waals surface area contributed by atoms with Gasteiger partial charge in [-0.1, -0.05) is 0 Å². The Morgan fingerprint density at radius 3 is 2.50 bits per heavy atom. The zero-order valence-electron chi connectivity index (χ0n) is 13.1. The molecular weight excluding hydrogens is 331 g/mol. The minimum atomic E-state index is -2.47. The molecule has 3 rings (SSSR count). The molecule has 1 aromatic carbocycles. The predicted octanol–water partition coefficient (Wildman–Crippen LogP) is 3.07. The van der Waals surface area contributed by atoms with E-state index < -0.39 is 10.3 Å². The van der Waals surface area contributed by atoms with Crippen molar-refractivity contribution in [3.63, 3.8) is 0 Å². The average molecular weight is 346 g/mol. The van der Waals surface area contributed by atoms with Gasteiger partial charge in [0, 0.05) is 17.8 Å². The van der Waals surface area contributed by atoms with E-state index in [9.17, 15) is 12.8 Å². The van der Waals surface area contributed by atoms with Crippen molar-refractivity contribution in [3.05, 3.63) is 53.4 Å². The average Bonchev–Trinajstić information content (AvgIpc) is 3.01. The molecule has 24 heavy (non-hydrogen) atoms. The summed E-state index contributed by atoms with van der Waals surface area (Å²) in [5, 5.41) is 0. The van der Waals surface area contributed by atoms with E-state index in [2.05, 4.69) is 15.0 Å². The lowest BCUT2D eigenvalue weighted by Crippen LogP contribution is -2.03. The van der Waals surface area contributed by atoms with Crippen LogP contribution in [0.3, 0.4) is 0 Å². The second-order valence-corrected chi connectivity index (χ2v) is 6.32. The van der Waals surface area contributed by atoms with Crippen LogP contribution in [0.25, 0.3) is 22.6 Å². The number of aromatic nitrogens is 4. The Balaban J connectivity index is 2.30. The second kappa shape index (κ2) is 6.40. The number of H-pyrrole nitrogens is 1. The lowest BCUT2D eigenvalue weighted by Gasteiger charge is -2.12. The van der Waals surface area contributed by atoms with E-state index in [1.54, 1.807) is 24.5 Å². The molecule has 0 spiro atoms. The third-order valence-corrected chi connectivity index (χ3v) is 4.06. The zero-order chi connectivity index (χ0) is 17.3. The van der Waals surface area contributed by atoms with Gasteiger partial charge in [-0.2, -0.15) is 8.42 Å². The van der Waals surface area contributed by atoms with Gasteiger partial charge in [0.25, 0.3) is 15.1 Å². The standard InChI is InChI=1S/C16H15FN4O2S/c1-10(2)21-9-19-14(11-3-5-12(17)6-4-11)15(21)13-7-8-18-16(20-13)24(22)23/h3-10,18H,1-2H3. The second-order valence-electron chi connectivity index (χ2n) is 5.46. The van der Waals surface area contributed by atoms with Crippen molar-refractivity contribution in [2.24, 2.45) is 0 Å². The maximum absolute atomic E-state index is 13.2. The van der Waals surface area contributed by atoms with Crippen molar-refractivity contribution < 1.29 is 12.8 Å². The zero-order valence-corrected chi connectivity index (χ0v) is 13.9. The van der Waals surface area contributed by atoms with Gasteiger partial charge in [-0.05, 0) is 44.2 Å². The summed E-state index contributed by atoms with van der Waals surface area (Å²) in [5.41, 5.74) is 2.49. The molecule has 0 unspecified atom stereocenters. The first-order valence-corrected chi connectivity index (χ1v) is 8.36. The minimum Gasteiger partial charge on any atom is -0.334 e. The van der Waals surface area contributed by atoms with E-state index >= 15 is 0 Å². The first-order valence-electron chi connectivity index (χ1n) is 7.28. The quantitative estimate of drug-likeness (QED) is 0.739. The van der Waals surface area contributed by atoms with E-state index in [0.717, 1.165) is 5.56 Å². The molecular formula is C16H15FN4O2S. The molecule has 1 N–H and O–H groups in total. The Labute approximate surface area is 139 Å². The van der Waals surface area contributed by atoms with Crippen molar-refractivity contribution >= 4 is 10.3 Å². The SMILES string of the molecule is CC(C)n1cnc(-c2ccc(F)cc2)c1-c1cc[nH]c(=S(=O)=O)n1. The van der Waals surface area contributed by atoms with Gasteiger partial charge in [-0.25, -0.2) is 14.4 Å². The largest absolute Gasteiger partial charge is 0.334 e. The number of benzene rings is 1. The number of hydrogen-bond acceptors (Lipinski definition) is 4. The normalized spacial score (nSPS) is 11.0. The molecule has 0 saturated carbocycles. The molecule has 2 heterocycles. The highest BCUT2D eigenvalue weighted by molar-refractivity contribution is 7.63. The molecule has 3 aromatic rings. The van der Waals surface area contributed by atoms with Crippen molar-refractivity contribution in [3.8, 4) is 22.6 Å². The summed E-state index contributed by atoms with van der Waals surface area (Å²) in [6, 6.07) is 7.75. The highest BCUT2D eigenvalue weighted by atomic mass is 32.2. The first-order chi connectivity index (χ1) is 11.5. The van der Waals surface area contributed by atoms with Crippen LogP contribution in [0, 0.1) is 10.6 Å². The fourth-order valence-electron chi connectivity index (χ4n) is 2.41. The van der Waals surface area contributed by atoms with Crippen LogP contribution in [0.1, 0.15) is 19.9 Å². The van der Waals surface area contributed by atoms with Gasteiger partial charge in [0.15, 0.2) is 0 Å². The number of imidazole rings is 1. The number of nitrogens with zero attached hydrogens (tertiary/aromatic N) is 3. The van der Waals surface area contributed by atoms with Gasteiger partial charge < -0.3 is 9.55 Å². The topological polar surface area (TPSA) is 80.6 Å². The highest BCUT2D eigenvalue weighted by Crippen LogP contribution is 2.31. The molecule has 124 valence electrons.